The molecule has 1 aromatic rings. The van der Waals surface area contributed by atoms with Gasteiger partial charge in [-0.05, 0) is 26.0 Å². The molecule has 0 unspecified atom stereocenters. The number of methoxy groups -OCH3 is 1. The summed E-state index contributed by atoms with van der Waals surface area (Å²) in [7, 11) is 1.46. The second kappa shape index (κ2) is 4.72. The van der Waals surface area contributed by atoms with Crippen molar-refractivity contribution in [2.24, 2.45) is 0 Å². The van der Waals surface area contributed by atoms with Gasteiger partial charge in [0.05, 0.1) is 5.02 Å². The molecule has 0 spiro atoms. The van der Waals surface area contributed by atoms with E-state index in [0.29, 0.717) is 5.69 Å². The molecule has 4 nitrogen and oxygen atoms in total. The Morgan fingerprint density at radius 1 is 1.50 bits per heavy atom. The topological polar surface area (TPSA) is 58.6 Å². The normalized spacial score (nSPS) is 11.2. The van der Waals surface area contributed by atoms with Crippen molar-refractivity contribution in [3.05, 3.63) is 23.2 Å². The fourth-order valence-corrected chi connectivity index (χ4v) is 1.08. The summed E-state index contributed by atoms with van der Waals surface area (Å²) in [6, 6.07) is 4.49. The Morgan fingerprint density at radius 3 is 2.62 bits per heavy atom. The Labute approximate surface area is 99.2 Å². The van der Waals surface area contributed by atoms with Crippen LogP contribution in [-0.2, 0) is 9.53 Å². The van der Waals surface area contributed by atoms with E-state index in [1.54, 1.807) is 19.9 Å². The minimum absolute atomic E-state index is 0.0744. The summed E-state index contributed by atoms with van der Waals surface area (Å²) in [4.78, 5) is 11.7. The fourth-order valence-electron chi connectivity index (χ4n) is 0.965. The van der Waals surface area contributed by atoms with Crippen molar-refractivity contribution < 1.29 is 14.6 Å². The number of anilines is 1. The molecular formula is C11H14ClNO3. The predicted octanol–water partition coefficient (Wildman–Crippen LogP) is 2.41. The number of rotatable bonds is 3. The molecule has 16 heavy (non-hydrogen) atoms. The van der Waals surface area contributed by atoms with E-state index in [1.165, 1.54) is 19.2 Å². The van der Waals surface area contributed by atoms with Crippen LogP contribution < -0.4 is 5.32 Å². The van der Waals surface area contributed by atoms with Crippen LogP contribution in [0.2, 0.25) is 5.02 Å². The third kappa shape index (κ3) is 2.87. The predicted molar refractivity (Wildman–Crippen MR) is 62.8 cm³/mol. The average Bonchev–Trinajstić information content (AvgIpc) is 2.23. The number of phenolic OH excluding ortho intramolecular Hbond substituents is 1. The van der Waals surface area contributed by atoms with Crippen molar-refractivity contribution in [2.75, 3.05) is 12.4 Å². The summed E-state index contributed by atoms with van der Waals surface area (Å²) >= 11 is 5.65. The van der Waals surface area contributed by atoms with Crippen LogP contribution in [0.3, 0.4) is 0 Å². The number of carbonyl (C=O) groups excluding carboxylic acids is 1. The Bertz CT molecular complexity index is 404. The van der Waals surface area contributed by atoms with E-state index in [1.807, 2.05) is 0 Å². The summed E-state index contributed by atoms with van der Waals surface area (Å²) in [5, 5.41) is 12.2. The molecule has 1 aromatic carbocycles. The smallest absolute Gasteiger partial charge is 0.256 e. The Kier molecular flexibility index (Phi) is 3.78. The second-order valence-electron chi connectivity index (χ2n) is 3.83. The number of ether oxygens (including phenoxy) is 1. The van der Waals surface area contributed by atoms with Gasteiger partial charge in [-0.3, -0.25) is 4.79 Å². The van der Waals surface area contributed by atoms with Crippen LogP contribution in [0, 0.1) is 0 Å². The van der Waals surface area contributed by atoms with E-state index >= 15 is 0 Å². The van der Waals surface area contributed by atoms with Gasteiger partial charge in [0.15, 0.2) is 0 Å². The Balaban J connectivity index is 2.82. The number of phenols is 1. The van der Waals surface area contributed by atoms with E-state index in [4.69, 9.17) is 16.3 Å². The van der Waals surface area contributed by atoms with Crippen LogP contribution in [0.5, 0.6) is 5.75 Å². The van der Waals surface area contributed by atoms with E-state index in [9.17, 15) is 9.90 Å². The highest BCUT2D eigenvalue weighted by Gasteiger charge is 2.26. The number of aromatic hydroxyl groups is 1. The van der Waals surface area contributed by atoms with Gasteiger partial charge in [0.2, 0.25) is 0 Å². The molecule has 0 heterocycles. The van der Waals surface area contributed by atoms with Gasteiger partial charge in [0.1, 0.15) is 11.4 Å². The monoisotopic (exact) mass is 243 g/mol. The van der Waals surface area contributed by atoms with Gasteiger partial charge < -0.3 is 15.2 Å². The van der Waals surface area contributed by atoms with Crippen LogP contribution in [0.1, 0.15) is 13.8 Å². The average molecular weight is 244 g/mol. The molecule has 0 aliphatic rings. The van der Waals surface area contributed by atoms with Crippen LogP contribution in [0.15, 0.2) is 18.2 Å². The molecule has 0 atom stereocenters. The van der Waals surface area contributed by atoms with Crippen molar-refractivity contribution in [1.29, 1.82) is 0 Å². The lowest BCUT2D eigenvalue weighted by Crippen LogP contribution is -2.38. The highest BCUT2D eigenvalue weighted by molar-refractivity contribution is 6.32. The maximum absolute atomic E-state index is 11.7. The number of nitrogens with one attached hydrogen (secondary N) is 1. The van der Waals surface area contributed by atoms with E-state index in [2.05, 4.69) is 5.32 Å². The molecule has 0 aliphatic carbocycles. The lowest BCUT2D eigenvalue weighted by molar-refractivity contribution is -0.133. The maximum atomic E-state index is 11.7. The van der Waals surface area contributed by atoms with Gasteiger partial charge in [0.25, 0.3) is 5.91 Å². The first-order chi connectivity index (χ1) is 7.36. The van der Waals surface area contributed by atoms with Crippen LogP contribution in [0.4, 0.5) is 5.69 Å². The van der Waals surface area contributed by atoms with Crippen molar-refractivity contribution in [3.8, 4) is 5.75 Å². The van der Waals surface area contributed by atoms with E-state index in [-0.39, 0.29) is 16.7 Å². The number of halogens is 1. The molecule has 0 aliphatic heterocycles. The molecule has 5 heteroatoms. The number of benzene rings is 1. The minimum atomic E-state index is -0.921. The van der Waals surface area contributed by atoms with Crippen molar-refractivity contribution in [1.82, 2.24) is 0 Å². The zero-order valence-corrected chi connectivity index (χ0v) is 10.1. The number of carbonyl (C=O) groups is 1. The first-order valence-electron chi connectivity index (χ1n) is 4.72. The first-order valence-corrected chi connectivity index (χ1v) is 5.10. The van der Waals surface area contributed by atoms with Crippen molar-refractivity contribution in [2.45, 2.75) is 19.4 Å². The molecule has 0 aromatic heterocycles. The third-order valence-corrected chi connectivity index (χ3v) is 2.58. The van der Waals surface area contributed by atoms with Crippen LogP contribution >= 0.6 is 11.6 Å². The van der Waals surface area contributed by atoms with Crippen LogP contribution in [-0.4, -0.2) is 23.7 Å². The zero-order chi connectivity index (χ0) is 12.3. The van der Waals surface area contributed by atoms with Gasteiger partial charge in [-0.1, -0.05) is 11.6 Å². The molecule has 88 valence electrons. The molecule has 0 radical (unpaired) electrons. The SMILES string of the molecule is COC(C)(C)C(=O)Nc1ccc(Cl)c(O)c1. The molecular weight excluding hydrogens is 230 g/mol. The summed E-state index contributed by atoms with van der Waals surface area (Å²) in [6.45, 7) is 3.30. The van der Waals surface area contributed by atoms with Gasteiger partial charge in [-0.25, -0.2) is 0 Å². The molecule has 0 saturated carbocycles. The van der Waals surface area contributed by atoms with Crippen molar-refractivity contribution in [3.63, 3.8) is 0 Å². The molecule has 1 rings (SSSR count). The first kappa shape index (κ1) is 12.8. The Morgan fingerprint density at radius 2 is 2.12 bits per heavy atom. The van der Waals surface area contributed by atoms with Gasteiger partial charge in [0, 0.05) is 18.9 Å². The van der Waals surface area contributed by atoms with Crippen LogP contribution in [0.25, 0.3) is 0 Å². The lowest BCUT2D eigenvalue weighted by atomic mass is 10.1. The van der Waals surface area contributed by atoms with E-state index < -0.39 is 5.60 Å². The quantitative estimate of drug-likeness (QED) is 0.857. The molecule has 1 amide bonds. The third-order valence-electron chi connectivity index (χ3n) is 2.26. The molecule has 0 bridgehead atoms. The minimum Gasteiger partial charge on any atom is -0.506 e. The molecule has 0 saturated heterocycles. The summed E-state index contributed by atoms with van der Waals surface area (Å²) in [5.74, 6) is -0.369. The van der Waals surface area contributed by atoms with Gasteiger partial charge in [-0.15, -0.1) is 0 Å². The number of amides is 1. The summed E-state index contributed by atoms with van der Waals surface area (Å²) in [5.41, 5.74) is -0.452. The highest BCUT2D eigenvalue weighted by Crippen LogP contribution is 2.26. The van der Waals surface area contributed by atoms with Crippen molar-refractivity contribution >= 4 is 23.2 Å². The fraction of sp³-hybridized carbons (Fsp3) is 0.364. The second-order valence-corrected chi connectivity index (χ2v) is 4.24. The lowest BCUT2D eigenvalue weighted by Gasteiger charge is -2.21. The zero-order valence-electron chi connectivity index (χ0n) is 9.37. The summed E-state index contributed by atoms with van der Waals surface area (Å²) < 4.78 is 5.03. The van der Waals surface area contributed by atoms with Gasteiger partial charge >= 0.3 is 0 Å². The number of hydrogen-bond acceptors (Lipinski definition) is 3. The molecule has 0 fully saturated rings. The number of hydrogen-bond donors (Lipinski definition) is 2. The summed E-state index contributed by atoms with van der Waals surface area (Å²) in [6.07, 6.45) is 0. The largest absolute Gasteiger partial charge is 0.506 e. The maximum Gasteiger partial charge on any atom is 0.256 e. The highest BCUT2D eigenvalue weighted by atomic mass is 35.5. The van der Waals surface area contributed by atoms with Gasteiger partial charge in [-0.2, -0.15) is 0 Å². The molecule has 2 N–H and O–H groups in total. The Hall–Kier alpha value is -1.26. The standard InChI is InChI=1S/C11H14ClNO3/c1-11(2,16-3)10(15)13-7-4-5-8(12)9(14)6-7/h4-6,14H,1-3H3,(H,13,15). The van der Waals surface area contributed by atoms with E-state index in [0.717, 1.165) is 0 Å².